The van der Waals surface area contributed by atoms with E-state index in [4.69, 9.17) is 15.2 Å². The standard InChI is InChI=1S/C29H26N2O3/c1-33-18-22-13-14-24-27(16-22)31(26-12-6-11-25(28(24)26)29(30)32)17-21-9-5-10-23(15-21)34-19-20-7-3-2-4-8-20/h2-16H,17-19H2,1H3,(H2,30,32). The average Bonchev–Trinajstić information content (AvgIpc) is 3.17. The lowest BCUT2D eigenvalue weighted by Crippen LogP contribution is -2.11. The van der Waals surface area contributed by atoms with Gasteiger partial charge in [-0.15, -0.1) is 0 Å². The average molecular weight is 451 g/mol. The second-order valence-corrected chi connectivity index (χ2v) is 8.36. The van der Waals surface area contributed by atoms with Crippen LogP contribution in [0.4, 0.5) is 0 Å². The summed E-state index contributed by atoms with van der Waals surface area (Å²) >= 11 is 0. The first-order valence-corrected chi connectivity index (χ1v) is 11.2. The monoisotopic (exact) mass is 450 g/mol. The highest BCUT2D eigenvalue weighted by molar-refractivity contribution is 6.18. The van der Waals surface area contributed by atoms with Gasteiger partial charge in [0, 0.05) is 35.5 Å². The largest absolute Gasteiger partial charge is 0.489 e. The molecule has 2 N–H and O–H groups in total. The van der Waals surface area contributed by atoms with Crippen molar-refractivity contribution in [1.29, 1.82) is 0 Å². The molecule has 0 spiro atoms. The van der Waals surface area contributed by atoms with E-state index >= 15 is 0 Å². The summed E-state index contributed by atoms with van der Waals surface area (Å²) in [6.07, 6.45) is 0. The SMILES string of the molecule is COCc1ccc2c3c(C(N)=O)cccc3n(Cc3cccc(OCc4ccccc4)c3)c2c1. The second kappa shape index (κ2) is 9.41. The molecule has 0 aliphatic rings. The molecule has 0 aliphatic heterocycles. The highest BCUT2D eigenvalue weighted by Gasteiger charge is 2.17. The van der Waals surface area contributed by atoms with E-state index in [1.165, 1.54) is 0 Å². The van der Waals surface area contributed by atoms with Gasteiger partial charge in [0.1, 0.15) is 12.4 Å². The number of amides is 1. The molecule has 4 aromatic carbocycles. The van der Waals surface area contributed by atoms with E-state index in [9.17, 15) is 4.79 Å². The summed E-state index contributed by atoms with van der Waals surface area (Å²) in [5.41, 5.74) is 11.6. The first-order valence-electron chi connectivity index (χ1n) is 11.2. The van der Waals surface area contributed by atoms with Crippen LogP contribution >= 0.6 is 0 Å². The maximum absolute atomic E-state index is 12.2. The molecule has 5 heteroatoms. The number of nitrogens with zero attached hydrogens (tertiary/aromatic N) is 1. The summed E-state index contributed by atoms with van der Waals surface area (Å²) in [7, 11) is 1.69. The van der Waals surface area contributed by atoms with Crippen LogP contribution in [0, 0.1) is 0 Å². The molecule has 0 fully saturated rings. The molecule has 170 valence electrons. The van der Waals surface area contributed by atoms with Gasteiger partial charge in [-0.25, -0.2) is 0 Å². The lowest BCUT2D eigenvalue weighted by atomic mass is 10.0. The van der Waals surface area contributed by atoms with Gasteiger partial charge < -0.3 is 19.8 Å². The lowest BCUT2D eigenvalue weighted by molar-refractivity contribution is 0.100. The third-order valence-corrected chi connectivity index (χ3v) is 6.02. The Labute approximate surface area is 198 Å². The topological polar surface area (TPSA) is 66.5 Å². The van der Waals surface area contributed by atoms with Gasteiger partial charge in [0.15, 0.2) is 0 Å². The molecule has 34 heavy (non-hydrogen) atoms. The molecule has 0 saturated carbocycles. The van der Waals surface area contributed by atoms with Crippen molar-refractivity contribution in [3.05, 3.63) is 113 Å². The van der Waals surface area contributed by atoms with E-state index in [0.717, 1.165) is 44.2 Å². The smallest absolute Gasteiger partial charge is 0.249 e. The zero-order valence-corrected chi connectivity index (χ0v) is 19.0. The highest BCUT2D eigenvalue weighted by atomic mass is 16.5. The van der Waals surface area contributed by atoms with Gasteiger partial charge in [0.2, 0.25) is 5.91 Å². The Morgan fingerprint density at radius 2 is 1.59 bits per heavy atom. The van der Waals surface area contributed by atoms with Crippen LogP contribution in [0.2, 0.25) is 0 Å². The van der Waals surface area contributed by atoms with Crippen molar-refractivity contribution in [3.63, 3.8) is 0 Å². The molecule has 1 heterocycles. The van der Waals surface area contributed by atoms with Crippen LogP contribution in [0.15, 0.2) is 91.0 Å². The van der Waals surface area contributed by atoms with E-state index in [0.29, 0.717) is 25.3 Å². The summed E-state index contributed by atoms with van der Waals surface area (Å²) in [4.78, 5) is 12.2. The molecule has 0 saturated heterocycles. The Morgan fingerprint density at radius 3 is 2.38 bits per heavy atom. The molecule has 0 bridgehead atoms. The van der Waals surface area contributed by atoms with E-state index in [1.54, 1.807) is 13.2 Å². The van der Waals surface area contributed by atoms with E-state index < -0.39 is 5.91 Å². The Kier molecular flexibility index (Phi) is 6.02. The molecular weight excluding hydrogens is 424 g/mol. The maximum atomic E-state index is 12.2. The van der Waals surface area contributed by atoms with Crippen LogP contribution in [-0.4, -0.2) is 17.6 Å². The minimum Gasteiger partial charge on any atom is -0.489 e. The Hall–Kier alpha value is -4.09. The Balaban J connectivity index is 1.55. The van der Waals surface area contributed by atoms with Gasteiger partial charge in [-0.1, -0.05) is 60.7 Å². The van der Waals surface area contributed by atoms with Crippen LogP contribution in [0.1, 0.15) is 27.0 Å². The molecular formula is C29H26N2O3. The molecule has 5 rings (SSSR count). The summed E-state index contributed by atoms with van der Waals surface area (Å²) in [6, 6.07) is 30.2. The van der Waals surface area contributed by atoms with Crippen LogP contribution in [0.25, 0.3) is 21.8 Å². The lowest BCUT2D eigenvalue weighted by Gasteiger charge is -2.11. The molecule has 5 aromatic rings. The van der Waals surface area contributed by atoms with Crippen LogP contribution in [-0.2, 0) is 24.5 Å². The van der Waals surface area contributed by atoms with Gasteiger partial charge in [-0.2, -0.15) is 0 Å². The van der Waals surface area contributed by atoms with Crippen molar-refractivity contribution < 1.29 is 14.3 Å². The zero-order chi connectivity index (χ0) is 23.5. The predicted molar refractivity (Wildman–Crippen MR) is 135 cm³/mol. The second-order valence-electron chi connectivity index (χ2n) is 8.36. The molecule has 5 nitrogen and oxygen atoms in total. The summed E-state index contributed by atoms with van der Waals surface area (Å²) < 4.78 is 13.6. The number of fused-ring (bicyclic) bond motifs is 3. The number of hydrogen-bond acceptors (Lipinski definition) is 3. The van der Waals surface area contributed by atoms with Crippen LogP contribution in [0.3, 0.4) is 0 Å². The zero-order valence-electron chi connectivity index (χ0n) is 19.0. The Bertz CT molecular complexity index is 1470. The molecule has 0 radical (unpaired) electrons. The third kappa shape index (κ3) is 4.26. The molecule has 0 unspecified atom stereocenters. The quantitative estimate of drug-likeness (QED) is 0.331. The van der Waals surface area contributed by atoms with E-state index in [-0.39, 0.29) is 0 Å². The van der Waals surface area contributed by atoms with Crippen molar-refractivity contribution in [3.8, 4) is 5.75 Å². The van der Waals surface area contributed by atoms with Crippen molar-refractivity contribution in [2.75, 3.05) is 7.11 Å². The van der Waals surface area contributed by atoms with Crippen LogP contribution in [0.5, 0.6) is 5.75 Å². The van der Waals surface area contributed by atoms with Gasteiger partial charge in [0.05, 0.1) is 12.1 Å². The first-order chi connectivity index (χ1) is 16.6. The van der Waals surface area contributed by atoms with E-state index in [2.05, 4.69) is 34.9 Å². The van der Waals surface area contributed by atoms with Gasteiger partial charge >= 0.3 is 0 Å². The number of ether oxygens (including phenoxy) is 2. The fraction of sp³-hybridized carbons (Fsp3) is 0.138. The first kappa shape index (κ1) is 21.7. The number of primary amides is 1. The van der Waals surface area contributed by atoms with Crippen LogP contribution < -0.4 is 10.5 Å². The molecule has 0 atom stereocenters. The number of rotatable bonds is 8. The van der Waals surface area contributed by atoms with Gasteiger partial charge in [-0.3, -0.25) is 4.79 Å². The molecule has 1 aromatic heterocycles. The van der Waals surface area contributed by atoms with E-state index in [1.807, 2.05) is 54.6 Å². The fourth-order valence-electron chi connectivity index (χ4n) is 4.48. The number of benzene rings is 4. The Morgan fingerprint density at radius 1 is 0.794 bits per heavy atom. The number of aromatic nitrogens is 1. The number of hydrogen-bond donors (Lipinski definition) is 1. The van der Waals surface area contributed by atoms with Crippen molar-refractivity contribution >= 4 is 27.7 Å². The number of nitrogens with two attached hydrogens (primary N) is 1. The minimum atomic E-state index is -0.429. The minimum absolute atomic E-state index is 0.429. The maximum Gasteiger partial charge on any atom is 0.249 e. The van der Waals surface area contributed by atoms with Gasteiger partial charge in [-0.05, 0) is 47.0 Å². The van der Waals surface area contributed by atoms with Crippen molar-refractivity contribution in [1.82, 2.24) is 4.57 Å². The normalized spacial score (nSPS) is 11.2. The van der Waals surface area contributed by atoms with Crippen molar-refractivity contribution in [2.24, 2.45) is 5.73 Å². The third-order valence-electron chi connectivity index (χ3n) is 6.02. The highest BCUT2D eigenvalue weighted by Crippen LogP contribution is 2.33. The summed E-state index contributed by atoms with van der Waals surface area (Å²) in [5.74, 6) is 0.391. The van der Waals surface area contributed by atoms with Gasteiger partial charge in [0.25, 0.3) is 0 Å². The summed E-state index contributed by atoms with van der Waals surface area (Å²) in [5, 5.41) is 1.88. The number of carbonyl (C=O) groups is 1. The predicted octanol–water partition coefficient (Wildman–Crippen LogP) is 5.67. The summed E-state index contributed by atoms with van der Waals surface area (Å²) in [6.45, 7) is 1.66. The molecule has 0 aliphatic carbocycles. The molecule has 1 amide bonds. The number of carbonyl (C=O) groups excluding carboxylic acids is 1. The number of methoxy groups -OCH3 is 1. The van der Waals surface area contributed by atoms with Crippen molar-refractivity contribution in [2.45, 2.75) is 19.8 Å². The fourth-order valence-corrected chi connectivity index (χ4v) is 4.48.